The Morgan fingerprint density at radius 1 is 0.654 bits per heavy atom. The molecule has 124 valence electrons. The standard InChI is InChI=1S/C23H14S3/c1-24-19-12-13-10-11-18-21(14-6-2-4-8-16(14)25-18)20(13)22-15-7-3-5-9-17(15)26-23(19)22/h2-12H,1H3. The maximum absolute atomic E-state index is 2.38. The highest BCUT2D eigenvalue weighted by atomic mass is 32.2. The summed E-state index contributed by atoms with van der Waals surface area (Å²) in [5.41, 5.74) is 0. The van der Waals surface area contributed by atoms with Gasteiger partial charge in [0.25, 0.3) is 0 Å². The fourth-order valence-corrected chi connectivity index (χ4v) is 7.19. The number of fused-ring (bicyclic) bond motifs is 9. The average molecular weight is 387 g/mol. The minimum absolute atomic E-state index is 1.35. The van der Waals surface area contributed by atoms with Gasteiger partial charge in [-0.3, -0.25) is 0 Å². The molecule has 0 radical (unpaired) electrons. The van der Waals surface area contributed by atoms with Crippen LogP contribution in [0.2, 0.25) is 0 Å². The van der Waals surface area contributed by atoms with E-state index in [1.54, 1.807) is 0 Å². The summed E-state index contributed by atoms with van der Waals surface area (Å²) in [6, 6.07) is 24.6. The lowest BCUT2D eigenvalue weighted by Crippen LogP contribution is -1.80. The van der Waals surface area contributed by atoms with Crippen LogP contribution in [0.5, 0.6) is 0 Å². The van der Waals surface area contributed by atoms with Crippen molar-refractivity contribution in [3.05, 3.63) is 66.7 Å². The van der Waals surface area contributed by atoms with E-state index in [-0.39, 0.29) is 0 Å². The van der Waals surface area contributed by atoms with Gasteiger partial charge < -0.3 is 0 Å². The number of hydrogen-bond donors (Lipinski definition) is 0. The molecule has 6 rings (SSSR count). The molecule has 0 fully saturated rings. The van der Waals surface area contributed by atoms with Crippen molar-refractivity contribution >= 4 is 85.6 Å². The van der Waals surface area contributed by atoms with Crippen LogP contribution < -0.4 is 0 Å². The van der Waals surface area contributed by atoms with Gasteiger partial charge in [0.05, 0.1) is 0 Å². The molecular formula is C23H14S3. The zero-order chi connectivity index (χ0) is 17.3. The van der Waals surface area contributed by atoms with Gasteiger partial charge in [0.1, 0.15) is 0 Å². The lowest BCUT2D eigenvalue weighted by Gasteiger charge is -2.07. The molecule has 0 N–H and O–H groups in total. The Morgan fingerprint density at radius 2 is 1.35 bits per heavy atom. The third-order valence-corrected chi connectivity index (χ3v) is 8.38. The van der Waals surface area contributed by atoms with Gasteiger partial charge in [0.15, 0.2) is 0 Å². The number of thioether (sulfide) groups is 1. The minimum atomic E-state index is 1.35. The summed E-state index contributed by atoms with van der Waals surface area (Å²) in [7, 11) is 0. The first kappa shape index (κ1) is 15.0. The van der Waals surface area contributed by atoms with Crippen LogP contribution in [-0.2, 0) is 0 Å². The highest BCUT2D eigenvalue weighted by molar-refractivity contribution is 7.99. The third kappa shape index (κ3) is 1.91. The van der Waals surface area contributed by atoms with Crippen LogP contribution >= 0.6 is 34.4 Å². The molecular weight excluding hydrogens is 372 g/mol. The second-order valence-electron chi connectivity index (χ2n) is 6.52. The Labute approximate surface area is 163 Å². The molecule has 0 amide bonds. The van der Waals surface area contributed by atoms with Crippen LogP contribution in [0.1, 0.15) is 0 Å². The fourth-order valence-electron chi connectivity index (χ4n) is 4.05. The average Bonchev–Trinajstić information content (AvgIpc) is 3.25. The van der Waals surface area contributed by atoms with Crippen molar-refractivity contribution in [2.24, 2.45) is 0 Å². The van der Waals surface area contributed by atoms with Crippen LogP contribution in [0.25, 0.3) is 51.1 Å². The van der Waals surface area contributed by atoms with Crippen LogP contribution in [0.4, 0.5) is 0 Å². The Balaban J connectivity index is 2.01. The Bertz CT molecular complexity index is 1470. The first-order valence-corrected chi connectivity index (χ1v) is 11.4. The van der Waals surface area contributed by atoms with E-state index in [9.17, 15) is 0 Å². The number of benzene rings is 4. The van der Waals surface area contributed by atoms with Crippen molar-refractivity contribution in [3.8, 4) is 0 Å². The summed E-state index contributed by atoms with van der Waals surface area (Å²) in [4.78, 5) is 1.38. The largest absolute Gasteiger partial charge is 0.135 e. The molecule has 0 saturated heterocycles. The fraction of sp³-hybridized carbons (Fsp3) is 0.0435. The molecule has 0 bridgehead atoms. The van der Waals surface area contributed by atoms with E-state index >= 15 is 0 Å². The molecule has 6 aromatic rings. The monoisotopic (exact) mass is 386 g/mol. The topological polar surface area (TPSA) is 0 Å². The zero-order valence-corrected chi connectivity index (χ0v) is 16.5. The first-order valence-electron chi connectivity index (χ1n) is 8.57. The Kier molecular flexibility index (Phi) is 3.16. The summed E-state index contributed by atoms with van der Waals surface area (Å²) in [5.74, 6) is 0. The summed E-state index contributed by atoms with van der Waals surface area (Å²) in [6.45, 7) is 0. The minimum Gasteiger partial charge on any atom is -0.135 e. The van der Waals surface area contributed by atoms with Gasteiger partial charge in [-0.1, -0.05) is 42.5 Å². The number of thiophene rings is 2. The highest BCUT2D eigenvalue weighted by Gasteiger charge is 2.17. The second-order valence-corrected chi connectivity index (χ2v) is 9.50. The van der Waals surface area contributed by atoms with E-state index in [4.69, 9.17) is 0 Å². The van der Waals surface area contributed by atoms with Crippen molar-refractivity contribution in [2.75, 3.05) is 6.26 Å². The van der Waals surface area contributed by atoms with Gasteiger partial charge >= 0.3 is 0 Å². The molecule has 0 saturated carbocycles. The smallest absolute Gasteiger partial charge is 0.0497 e. The van der Waals surface area contributed by atoms with E-state index in [0.717, 1.165) is 0 Å². The first-order chi connectivity index (χ1) is 12.8. The van der Waals surface area contributed by atoms with Crippen LogP contribution in [0, 0.1) is 0 Å². The van der Waals surface area contributed by atoms with Crippen molar-refractivity contribution in [3.63, 3.8) is 0 Å². The maximum Gasteiger partial charge on any atom is 0.0497 e. The quantitative estimate of drug-likeness (QED) is 0.256. The summed E-state index contributed by atoms with van der Waals surface area (Å²) >= 11 is 5.68. The third-order valence-electron chi connectivity index (χ3n) is 5.15. The van der Waals surface area contributed by atoms with Crippen LogP contribution in [0.15, 0.2) is 71.6 Å². The normalized spacial score (nSPS) is 12.2. The van der Waals surface area contributed by atoms with Crippen LogP contribution in [0.3, 0.4) is 0 Å². The van der Waals surface area contributed by atoms with Gasteiger partial charge in [-0.05, 0) is 35.9 Å². The Morgan fingerprint density at radius 3 is 2.12 bits per heavy atom. The molecule has 2 heterocycles. The summed E-state index contributed by atoms with van der Waals surface area (Å²) in [6.07, 6.45) is 2.18. The number of rotatable bonds is 1. The maximum atomic E-state index is 2.38. The van der Waals surface area contributed by atoms with Gasteiger partial charge in [0, 0.05) is 50.6 Å². The molecule has 3 heteroatoms. The molecule has 4 aromatic carbocycles. The predicted molar refractivity (Wildman–Crippen MR) is 122 cm³/mol. The second kappa shape index (κ2) is 5.46. The van der Waals surface area contributed by atoms with Gasteiger partial charge in [0.2, 0.25) is 0 Å². The molecule has 0 spiro atoms. The summed E-state index contributed by atoms with van der Waals surface area (Å²) in [5, 5.41) is 8.39. The van der Waals surface area contributed by atoms with Crippen molar-refractivity contribution in [1.29, 1.82) is 0 Å². The van der Waals surface area contributed by atoms with Gasteiger partial charge in [-0.25, -0.2) is 0 Å². The molecule has 0 aliphatic rings. The molecule has 26 heavy (non-hydrogen) atoms. The molecule has 0 aliphatic carbocycles. The molecule has 0 aliphatic heterocycles. The van der Waals surface area contributed by atoms with Gasteiger partial charge in [-0.2, -0.15) is 0 Å². The van der Waals surface area contributed by atoms with Gasteiger partial charge in [-0.15, -0.1) is 34.4 Å². The number of hydrogen-bond acceptors (Lipinski definition) is 3. The van der Waals surface area contributed by atoms with Crippen molar-refractivity contribution < 1.29 is 0 Å². The van der Waals surface area contributed by atoms with E-state index < -0.39 is 0 Å². The van der Waals surface area contributed by atoms with Crippen molar-refractivity contribution in [2.45, 2.75) is 4.90 Å². The lowest BCUT2D eigenvalue weighted by atomic mass is 9.99. The summed E-state index contributed by atoms with van der Waals surface area (Å²) < 4.78 is 5.56. The zero-order valence-electron chi connectivity index (χ0n) is 14.1. The molecule has 0 unspecified atom stereocenters. The Hall–Kier alpha value is -2.07. The molecule has 2 aromatic heterocycles. The lowest BCUT2D eigenvalue weighted by molar-refractivity contribution is 1.65. The van der Waals surface area contributed by atoms with Crippen LogP contribution in [-0.4, -0.2) is 6.26 Å². The van der Waals surface area contributed by atoms with Crippen molar-refractivity contribution in [1.82, 2.24) is 0 Å². The predicted octanol–water partition coefficient (Wildman–Crippen LogP) is 8.30. The van der Waals surface area contributed by atoms with E-state index in [1.807, 2.05) is 34.4 Å². The molecule has 0 nitrogen and oxygen atoms in total. The van der Waals surface area contributed by atoms with E-state index in [2.05, 4.69) is 73.0 Å². The SMILES string of the molecule is CSc1cc2ccc3sc4ccccc4c3c2c2c1sc1ccccc12. The van der Waals surface area contributed by atoms with E-state index in [1.165, 1.54) is 56.0 Å². The highest BCUT2D eigenvalue weighted by Crippen LogP contribution is 2.47. The molecule has 0 atom stereocenters. The van der Waals surface area contributed by atoms with E-state index in [0.29, 0.717) is 0 Å².